The lowest BCUT2D eigenvalue weighted by atomic mass is 10.0. The quantitative estimate of drug-likeness (QED) is 0.929. The van der Waals surface area contributed by atoms with Gasteiger partial charge in [0.2, 0.25) is 0 Å². The van der Waals surface area contributed by atoms with E-state index in [1.807, 2.05) is 10.9 Å². The van der Waals surface area contributed by atoms with Gasteiger partial charge in [-0.15, -0.1) is 0 Å². The zero-order chi connectivity index (χ0) is 13.8. The van der Waals surface area contributed by atoms with Crippen LogP contribution in [-0.4, -0.2) is 29.5 Å². The molecule has 1 aromatic heterocycles. The molecule has 0 spiro atoms. The van der Waals surface area contributed by atoms with E-state index in [-0.39, 0.29) is 0 Å². The molecule has 1 aliphatic heterocycles. The minimum atomic E-state index is 0.617. The van der Waals surface area contributed by atoms with Crippen molar-refractivity contribution >= 4 is 0 Å². The number of ether oxygens (including phenoxy) is 1. The van der Waals surface area contributed by atoms with Crippen LogP contribution in [0.25, 0.3) is 5.69 Å². The highest BCUT2D eigenvalue weighted by Crippen LogP contribution is 2.17. The number of nitrogens with one attached hydrogen (secondary N) is 1. The van der Waals surface area contributed by atoms with Gasteiger partial charge in [-0.25, -0.2) is 4.68 Å². The van der Waals surface area contributed by atoms with Crippen molar-refractivity contribution in [1.29, 1.82) is 0 Å². The van der Waals surface area contributed by atoms with Gasteiger partial charge in [-0.1, -0.05) is 17.7 Å². The molecule has 1 fully saturated rings. The second-order valence-electron chi connectivity index (χ2n) is 5.48. The molecule has 1 atom stereocenters. The zero-order valence-corrected chi connectivity index (χ0v) is 11.9. The van der Waals surface area contributed by atoms with Gasteiger partial charge in [0.25, 0.3) is 0 Å². The molecule has 2 heterocycles. The SMILES string of the molecule is Cc1ccc(-n2cc(OCC3CCCNC3)cn2)cc1. The first kappa shape index (κ1) is 13.2. The topological polar surface area (TPSA) is 39.1 Å². The average Bonchev–Trinajstić information content (AvgIpc) is 2.96. The Morgan fingerprint density at radius 3 is 2.95 bits per heavy atom. The molecule has 1 N–H and O–H groups in total. The molecule has 1 unspecified atom stereocenters. The lowest BCUT2D eigenvalue weighted by molar-refractivity contribution is 0.218. The number of hydrogen-bond acceptors (Lipinski definition) is 3. The van der Waals surface area contributed by atoms with Crippen molar-refractivity contribution < 1.29 is 4.74 Å². The Labute approximate surface area is 119 Å². The Hall–Kier alpha value is -1.81. The number of hydrogen-bond donors (Lipinski definition) is 1. The molecule has 1 saturated heterocycles. The van der Waals surface area contributed by atoms with Crippen LogP contribution >= 0.6 is 0 Å². The van der Waals surface area contributed by atoms with Crippen LogP contribution in [0, 0.1) is 12.8 Å². The molecule has 4 nitrogen and oxygen atoms in total. The summed E-state index contributed by atoms with van der Waals surface area (Å²) in [6.07, 6.45) is 6.23. The van der Waals surface area contributed by atoms with Gasteiger partial charge in [-0.2, -0.15) is 5.10 Å². The number of nitrogens with zero attached hydrogens (tertiary/aromatic N) is 2. The molecule has 106 valence electrons. The Morgan fingerprint density at radius 1 is 1.35 bits per heavy atom. The van der Waals surface area contributed by atoms with E-state index in [4.69, 9.17) is 4.74 Å². The molecule has 4 heteroatoms. The maximum atomic E-state index is 5.85. The van der Waals surface area contributed by atoms with E-state index in [9.17, 15) is 0 Å². The summed E-state index contributed by atoms with van der Waals surface area (Å²) >= 11 is 0. The summed E-state index contributed by atoms with van der Waals surface area (Å²) < 4.78 is 7.70. The van der Waals surface area contributed by atoms with Crippen molar-refractivity contribution in [3.8, 4) is 11.4 Å². The van der Waals surface area contributed by atoms with Gasteiger partial charge < -0.3 is 10.1 Å². The van der Waals surface area contributed by atoms with Gasteiger partial charge >= 0.3 is 0 Å². The van der Waals surface area contributed by atoms with Crippen molar-refractivity contribution in [3.63, 3.8) is 0 Å². The van der Waals surface area contributed by atoms with E-state index in [0.717, 1.165) is 31.1 Å². The molecule has 0 bridgehead atoms. The van der Waals surface area contributed by atoms with Crippen molar-refractivity contribution in [2.45, 2.75) is 19.8 Å². The third-order valence-corrected chi connectivity index (χ3v) is 3.74. The Bertz CT molecular complexity index is 541. The summed E-state index contributed by atoms with van der Waals surface area (Å²) in [5.74, 6) is 1.46. The number of benzene rings is 1. The summed E-state index contributed by atoms with van der Waals surface area (Å²) in [7, 11) is 0. The fourth-order valence-corrected chi connectivity index (χ4v) is 2.50. The Kier molecular flexibility index (Phi) is 4.02. The average molecular weight is 271 g/mol. The van der Waals surface area contributed by atoms with Gasteiger partial charge in [0, 0.05) is 12.5 Å². The van der Waals surface area contributed by atoms with Gasteiger partial charge in [0.05, 0.1) is 24.7 Å². The summed E-state index contributed by atoms with van der Waals surface area (Å²) in [5.41, 5.74) is 2.31. The van der Waals surface area contributed by atoms with Crippen LogP contribution in [0.4, 0.5) is 0 Å². The second kappa shape index (κ2) is 6.09. The van der Waals surface area contributed by atoms with Gasteiger partial charge in [0.15, 0.2) is 5.75 Å². The first-order chi connectivity index (χ1) is 9.81. The van der Waals surface area contributed by atoms with Gasteiger partial charge in [-0.3, -0.25) is 0 Å². The molecule has 2 aromatic rings. The lowest BCUT2D eigenvalue weighted by Crippen LogP contribution is -2.32. The van der Waals surface area contributed by atoms with Gasteiger partial charge in [-0.05, 0) is 38.4 Å². The van der Waals surface area contributed by atoms with E-state index < -0.39 is 0 Å². The van der Waals surface area contributed by atoms with E-state index in [1.165, 1.54) is 18.4 Å². The van der Waals surface area contributed by atoms with Gasteiger partial charge in [0.1, 0.15) is 0 Å². The first-order valence-electron chi connectivity index (χ1n) is 7.26. The Morgan fingerprint density at radius 2 is 2.20 bits per heavy atom. The van der Waals surface area contributed by atoms with Crippen LogP contribution < -0.4 is 10.1 Å². The largest absolute Gasteiger partial charge is 0.490 e. The molecular weight excluding hydrogens is 250 g/mol. The second-order valence-corrected chi connectivity index (χ2v) is 5.48. The van der Waals surface area contributed by atoms with Crippen LogP contribution in [0.3, 0.4) is 0 Å². The molecule has 0 aliphatic carbocycles. The van der Waals surface area contributed by atoms with Crippen LogP contribution in [-0.2, 0) is 0 Å². The molecule has 0 radical (unpaired) electrons. The zero-order valence-electron chi connectivity index (χ0n) is 11.9. The van der Waals surface area contributed by atoms with Crippen molar-refractivity contribution in [3.05, 3.63) is 42.2 Å². The van der Waals surface area contributed by atoms with E-state index >= 15 is 0 Å². The highest BCUT2D eigenvalue weighted by molar-refractivity contribution is 5.34. The molecule has 1 aromatic carbocycles. The maximum absolute atomic E-state index is 5.85. The van der Waals surface area contributed by atoms with Crippen LogP contribution in [0.15, 0.2) is 36.7 Å². The minimum Gasteiger partial charge on any atom is -0.490 e. The molecular formula is C16H21N3O. The predicted octanol–water partition coefficient (Wildman–Crippen LogP) is 2.56. The van der Waals surface area contributed by atoms with Crippen LogP contribution in [0.2, 0.25) is 0 Å². The summed E-state index contributed by atoms with van der Waals surface area (Å²) in [5, 5.41) is 7.76. The molecule has 0 saturated carbocycles. The summed E-state index contributed by atoms with van der Waals surface area (Å²) in [6.45, 7) is 5.06. The highest BCUT2D eigenvalue weighted by Gasteiger charge is 2.13. The lowest BCUT2D eigenvalue weighted by Gasteiger charge is -2.22. The normalized spacial score (nSPS) is 18.9. The number of aromatic nitrogens is 2. The Balaban J connectivity index is 1.60. The third kappa shape index (κ3) is 3.20. The van der Waals surface area contributed by atoms with E-state index in [0.29, 0.717) is 5.92 Å². The summed E-state index contributed by atoms with van der Waals surface area (Å²) in [4.78, 5) is 0. The monoisotopic (exact) mass is 271 g/mol. The molecule has 1 aliphatic rings. The summed E-state index contributed by atoms with van der Waals surface area (Å²) in [6, 6.07) is 8.31. The van der Waals surface area contributed by atoms with Crippen molar-refractivity contribution in [1.82, 2.24) is 15.1 Å². The van der Waals surface area contributed by atoms with E-state index in [2.05, 4.69) is 41.6 Å². The molecule has 20 heavy (non-hydrogen) atoms. The van der Waals surface area contributed by atoms with Crippen molar-refractivity contribution in [2.75, 3.05) is 19.7 Å². The van der Waals surface area contributed by atoms with Crippen LogP contribution in [0.1, 0.15) is 18.4 Å². The molecule has 3 rings (SSSR count). The standard InChI is InChI=1S/C16H21N3O/c1-13-4-6-15(7-5-13)19-11-16(10-18-19)20-12-14-3-2-8-17-9-14/h4-7,10-11,14,17H,2-3,8-9,12H2,1H3. The number of rotatable bonds is 4. The van der Waals surface area contributed by atoms with Crippen molar-refractivity contribution in [2.24, 2.45) is 5.92 Å². The predicted molar refractivity (Wildman–Crippen MR) is 79.4 cm³/mol. The maximum Gasteiger partial charge on any atom is 0.157 e. The minimum absolute atomic E-state index is 0.617. The first-order valence-corrected chi connectivity index (χ1v) is 7.26. The van der Waals surface area contributed by atoms with Crippen LogP contribution in [0.5, 0.6) is 5.75 Å². The third-order valence-electron chi connectivity index (χ3n) is 3.74. The number of aryl methyl sites for hydroxylation is 1. The van der Waals surface area contributed by atoms with E-state index in [1.54, 1.807) is 6.20 Å². The number of piperidine rings is 1. The highest BCUT2D eigenvalue weighted by atomic mass is 16.5. The smallest absolute Gasteiger partial charge is 0.157 e. The fourth-order valence-electron chi connectivity index (χ4n) is 2.50. The molecule has 0 amide bonds. The fraction of sp³-hybridized carbons (Fsp3) is 0.438.